The predicted molar refractivity (Wildman–Crippen MR) is 95.1 cm³/mol. The Balaban J connectivity index is 2.21. The Morgan fingerprint density at radius 2 is 2.12 bits per heavy atom. The number of fused-ring (bicyclic) bond motifs is 1. The van der Waals surface area contributed by atoms with Crippen LogP contribution in [0.4, 0.5) is 0 Å². The van der Waals surface area contributed by atoms with E-state index in [2.05, 4.69) is 15.3 Å². The van der Waals surface area contributed by atoms with Crippen LogP contribution in [-0.4, -0.2) is 49.1 Å². The maximum atomic E-state index is 12.4. The minimum Gasteiger partial charge on any atom is -0.465 e. The van der Waals surface area contributed by atoms with Crippen molar-refractivity contribution in [2.45, 2.75) is 26.8 Å². The predicted octanol–water partition coefficient (Wildman–Crippen LogP) is -0.379. The first kappa shape index (κ1) is 19.1. The number of H-pyrrole nitrogens is 1. The van der Waals surface area contributed by atoms with Gasteiger partial charge in [0.2, 0.25) is 0 Å². The normalized spacial score (nSPS) is 12.2. The highest BCUT2D eigenvalue weighted by atomic mass is 32.1. The third-order valence-electron chi connectivity index (χ3n) is 3.72. The van der Waals surface area contributed by atoms with E-state index in [1.165, 1.54) is 7.11 Å². The van der Waals surface area contributed by atoms with Crippen molar-refractivity contribution in [3.05, 3.63) is 26.6 Å². The van der Waals surface area contributed by atoms with E-state index >= 15 is 0 Å². The summed E-state index contributed by atoms with van der Waals surface area (Å²) in [6, 6.07) is 0. The van der Waals surface area contributed by atoms with E-state index < -0.39 is 5.97 Å². The number of aromatic amines is 1. The number of esters is 1. The van der Waals surface area contributed by atoms with Gasteiger partial charge < -0.3 is 19.9 Å². The van der Waals surface area contributed by atoms with Gasteiger partial charge in [0.25, 0.3) is 11.5 Å². The number of hydrogen-bond donors (Lipinski definition) is 3. The highest BCUT2D eigenvalue weighted by Gasteiger charge is 2.20. The summed E-state index contributed by atoms with van der Waals surface area (Å²) >= 11 is 1.14. The quantitative estimate of drug-likeness (QED) is 0.579. The van der Waals surface area contributed by atoms with Crippen LogP contribution in [0, 0.1) is 6.92 Å². The largest absolute Gasteiger partial charge is 0.465 e. The van der Waals surface area contributed by atoms with E-state index in [0.29, 0.717) is 46.1 Å². The molecule has 1 atom stereocenters. The molecule has 0 bridgehead atoms. The summed E-state index contributed by atoms with van der Waals surface area (Å²) in [5.41, 5.74) is 0.291. The van der Waals surface area contributed by atoms with Gasteiger partial charge in [-0.3, -0.25) is 9.59 Å². The number of quaternary nitrogens is 1. The first-order valence-corrected chi connectivity index (χ1v) is 8.87. The van der Waals surface area contributed by atoms with E-state index in [9.17, 15) is 14.4 Å². The molecular weight excluding hydrogens is 344 g/mol. The highest BCUT2D eigenvalue weighted by Crippen LogP contribution is 2.27. The van der Waals surface area contributed by atoms with E-state index in [-0.39, 0.29) is 11.5 Å². The summed E-state index contributed by atoms with van der Waals surface area (Å²) < 4.78 is 4.74. The van der Waals surface area contributed by atoms with Gasteiger partial charge in [-0.1, -0.05) is 6.92 Å². The van der Waals surface area contributed by atoms with Crippen molar-refractivity contribution in [3.63, 3.8) is 0 Å². The number of aromatic nitrogens is 2. The maximum Gasteiger partial charge on any atom is 0.348 e. The zero-order chi connectivity index (χ0) is 18.6. The average Bonchev–Trinajstić information content (AvgIpc) is 2.89. The van der Waals surface area contributed by atoms with Crippen LogP contribution in [0.1, 0.15) is 34.4 Å². The zero-order valence-corrected chi connectivity index (χ0v) is 15.6. The molecule has 2 rings (SSSR count). The molecule has 0 aliphatic heterocycles. The fraction of sp³-hybridized carbons (Fsp3) is 0.500. The third kappa shape index (κ3) is 4.43. The zero-order valence-electron chi connectivity index (χ0n) is 14.8. The molecule has 0 aliphatic rings. The summed E-state index contributed by atoms with van der Waals surface area (Å²) in [5.74, 6) is -0.0320. The van der Waals surface area contributed by atoms with Crippen LogP contribution in [-0.2, 0) is 16.1 Å². The van der Waals surface area contributed by atoms with Gasteiger partial charge in [-0.15, -0.1) is 11.3 Å². The Bertz CT molecular complexity index is 843. The number of likely N-dealkylation sites (N-methyl/N-ethyl adjacent to an activating group) is 1. The molecule has 0 radical (unpaired) electrons. The number of aryl methyl sites for hydroxylation is 1. The second-order valence-electron chi connectivity index (χ2n) is 5.90. The molecule has 136 valence electrons. The van der Waals surface area contributed by atoms with Gasteiger partial charge in [0, 0.05) is 6.54 Å². The van der Waals surface area contributed by atoms with E-state index in [1.807, 2.05) is 14.0 Å². The van der Waals surface area contributed by atoms with Crippen LogP contribution in [0.2, 0.25) is 0 Å². The molecule has 2 aromatic heterocycles. The number of rotatable bonds is 7. The Kier molecular flexibility index (Phi) is 6.27. The second-order valence-corrected chi connectivity index (χ2v) is 6.90. The average molecular weight is 367 g/mol. The molecule has 2 heterocycles. The summed E-state index contributed by atoms with van der Waals surface area (Å²) in [6.45, 7) is 5.04. The first-order valence-electron chi connectivity index (χ1n) is 8.06. The lowest BCUT2D eigenvalue weighted by molar-refractivity contribution is -0.886. The molecule has 0 aromatic carbocycles. The molecule has 0 aliphatic carbocycles. The van der Waals surface area contributed by atoms with Crippen molar-refractivity contribution in [3.8, 4) is 0 Å². The van der Waals surface area contributed by atoms with Crippen molar-refractivity contribution in [1.82, 2.24) is 15.3 Å². The monoisotopic (exact) mass is 367 g/mol. The topological polar surface area (TPSA) is 106 Å². The highest BCUT2D eigenvalue weighted by molar-refractivity contribution is 7.20. The molecule has 9 heteroatoms. The van der Waals surface area contributed by atoms with E-state index in [1.54, 1.807) is 6.92 Å². The summed E-state index contributed by atoms with van der Waals surface area (Å²) in [5, 5.41) is 3.23. The molecular formula is C16H23N4O4S+. The minimum atomic E-state index is -0.475. The van der Waals surface area contributed by atoms with Crippen molar-refractivity contribution in [2.24, 2.45) is 0 Å². The Morgan fingerprint density at radius 3 is 2.76 bits per heavy atom. The number of hydrogen-bond acceptors (Lipinski definition) is 6. The number of nitrogens with zero attached hydrogens (tertiary/aromatic N) is 1. The summed E-state index contributed by atoms with van der Waals surface area (Å²) in [4.78, 5) is 44.9. The number of carbonyl (C=O) groups is 2. The third-order valence-corrected chi connectivity index (χ3v) is 4.89. The molecule has 1 unspecified atom stereocenters. The standard InChI is InChI=1S/C16H22N4O4S/c1-5-6-17-11(21)8-20(3)7-10-18-14(22)12-9(2)13(16(23)24-4)25-15(12)19-10/h5-8H2,1-4H3,(H,17,21)(H,18,19,22)/p+1. The molecule has 8 nitrogen and oxygen atoms in total. The summed E-state index contributed by atoms with van der Waals surface area (Å²) in [7, 11) is 3.16. The van der Waals surface area contributed by atoms with Gasteiger partial charge in [-0.05, 0) is 18.9 Å². The van der Waals surface area contributed by atoms with Gasteiger partial charge in [0.05, 0.1) is 19.5 Å². The molecule has 25 heavy (non-hydrogen) atoms. The molecule has 3 N–H and O–H groups in total. The lowest BCUT2D eigenvalue weighted by Crippen LogP contribution is -3.09. The number of thiophene rings is 1. The SMILES string of the molecule is CCCNC(=O)C[NH+](C)Cc1nc2sc(C(=O)OC)c(C)c2c(=O)[nH]1. The van der Waals surface area contributed by atoms with Crippen LogP contribution < -0.4 is 15.8 Å². The van der Waals surface area contributed by atoms with Crippen molar-refractivity contribution in [1.29, 1.82) is 0 Å². The summed E-state index contributed by atoms with van der Waals surface area (Å²) in [6.07, 6.45) is 0.886. The molecule has 2 aromatic rings. The Morgan fingerprint density at radius 1 is 1.40 bits per heavy atom. The lowest BCUT2D eigenvalue weighted by Gasteiger charge is -2.13. The van der Waals surface area contributed by atoms with Crippen molar-refractivity contribution in [2.75, 3.05) is 27.2 Å². The second kappa shape index (κ2) is 8.21. The van der Waals surface area contributed by atoms with E-state index in [0.717, 1.165) is 22.7 Å². The van der Waals surface area contributed by atoms with Gasteiger partial charge in [-0.2, -0.15) is 0 Å². The van der Waals surface area contributed by atoms with Crippen LogP contribution in [0.3, 0.4) is 0 Å². The van der Waals surface area contributed by atoms with Gasteiger partial charge in [0.1, 0.15) is 16.3 Å². The molecule has 1 amide bonds. The molecule has 0 saturated heterocycles. The molecule has 0 spiro atoms. The maximum absolute atomic E-state index is 12.4. The fourth-order valence-corrected chi connectivity index (χ4v) is 3.63. The number of amides is 1. The van der Waals surface area contributed by atoms with Gasteiger partial charge >= 0.3 is 5.97 Å². The smallest absolute Gasteiger partial charge is 0.348 e. The van der Waals surface area contributed by atoms with Crippen molar-refractivity contribution >= 4 is 33.4 Å². The lowest BCUT2D eigenvalue weighted by atomic mass is 10.2. The Labute approximate surface area is 149 Å². The van der Waals surface area contributed by atoms with Crippen LogP contribution >= 0.6 is 11.3 Å². The molecule has 0 saturated carbocycles. The minimum absolute atomic E-state index is 0.0391. The van der Waals surface area contributed by atoms with E-state index in [4.69, 9.17) is 4.74 Å². The van der Waals surface area contributed by atoms with Gasteiger partial charge in [-0.25, -0.2) is 9.78 Å². The number of methoxy groups -OCH3 is 1. The molecule has 0 fully saturated rings. The number of nitrogens with one attached hydrogen (secondary N) is 3. The van der Waals surface area contributed by atoms with Crippen LogP contribution in [0.15, 0.2) is 4.79 Å². The van der Waals surface area contributed by atoms with Crippen LogP contribution in [0.5, 0.6) is 0 Å². The van der Waals surface area contributed by atoms with Gasteiger partial charge in [0.15, 0.2) is 12.4 Å². The van der Waals surface area contributed by atoms with Crippen molar-refractivity contribution < 1.29 is 19.2 Å². The Hall–Kier alpha value is -2.26. The van der Waals surface area contributed by atoms with Crippen LogP contribution in [0.25, 0.3) is 10.2 Å². The number of carbonyl (C=O) groups excluding carboxylic acids is 2. The number of ether oxygens (including phenoxy) is 1. The fourth-order valence-electron chi connectivity index (χ4n) is 2.51. The first-order chi connectivity index (χ1) is 11.9.